The second-order valence-electron chi connectivity index (χ2n) is 2.03. The number of Topliss-reactive ketones (excluding diaryl/α,β-unsaturated/α-hetero) is 1. The largest absolute Gasteiger partial charge is 0.477 e. The fourth-order valence-corrected chi connectivity index (χ4v) is 1.43. The van der Waals surface area contributed by atoms with E-state index in [0.29, 0.717) is 0 Å². The molecule has 64 valence electrons. The van der Waals surface area contributed by atoms with Gasteiger partial charge in [0.25, 0.3) is 0 Å². The topological polar surface area (TPSA) is 54.4 Å². The van der Waals surface area contributed by atoms with Gasteiger partial charge in [0.05, 0.1) is 4.88 Å². The van der Waals surface area contributed by atoms with Crippen LogP contribution in [-0.4, -0.2) is 23.5 Å². The summed E-state index contributed by atoms with van der Waals surface area (Å²) in [5.41, 5.74) is 0. The highest BCUT2D eigenvalue weighted by atomic mass is 32.1. The first-order valence-electron chi connectivity index (χ1n) is 3.07. The molecule has 0 aliphatic rings. The number of rotatable bonds is 3. The molecule has 5 heteroatoms. The summed E-state index contributed by atoms with van der Waals surface area (Å²) < 4.78 is 11.8. The number of hydrogen-bond donors (Lipinski definition) is 1. The molecule has 0 bridgehead atoms. The standard InChI is InChI=1S/C7H5FO3S/c8-3-4(9)5-1-2-6(12-5)7(10)11/h1-2H,3H2,(H,10,11). The van der Waals surface area contributed by atoms with Crippen molar-refractivity contribution < 1.29 is 19.1 Å². The van der Waals surface area contributed by atoms with Crippen molar-refractivity contribution in [2.45, 2.75) is 0 Å². The molecule has 0 atom stereocenters. The Balaban J connectivity index is 2.91. The molecular weight excluding hydrogens is 183 g/mol. The Morgan fingerprint density at radius 1 is 1.42 bits per heavy atom. The smallest absolute Gasteiger partial charge is 0.345 e. The van der Waals surface area contributed by atoms with Crippen LogP contribution in [0.2, 0.25) is 0 Å². The molecule has 0 aromatic carbocycles. The van der Waals surface area contributed by atoms with Crippen LogP contribution in [0.3, 0.4) is 0 Å². The minimum absolute atomic E-state index is 0.0480. The molecule has 0 spiro atoms. The number of ketones is 1. The highest BCUT2D eigenvalue weighted by Gasteiger charge is 2.11. The quantitative estimate of drug-likeness (QED) is 0.733. The summed E-state index contributed by atoms with van der Waals surface area (Å²) in [6.07, 6.45) is 0. The molecule has 1 aromatic rings. The number of halogens is 1. The van der Waals surface area contributed by atoms with E-state index in [9.17, 15) is 14.0 Å². The van der Waals surface area contributed by atoms with Crippen molar-refractivity contribution in [2.24, 2.45) is 0 Å². The van der Waals surface area contributed by atoms with Crippen LogP contribution in [0.25, 0.3) is 0 Å². The van der Waals surface area contributed by atoms with Crippen molar-refractivity contribution in [3.05, 3.63) is 21.9 Å². The van der Waals surface area contributed by atoms with E-state index in [1.165, 1.54) is 12.1 Å². The summed E-state index contributed by atoms with van der Waals surface area (Å²) in [5, 5.41) is 8.46. The molecule has 0 unspecified atom stereocenters. The van der Waals surface area contributed by atoms with Crippen molar-refractivity contribution in [1.29, 1.82) is 0 Å². The molecule has 3 nitrogen and oxygen atoms in total. The molecule has 0 fully saturated rings. The van der Waals surface area contributed by atoms with Crippen molar-refractivity contribution >= 4 is 23.1 Å². The SMILES string of the molecule is O=C(O)c1ccc(C(=O)CF)s1. The van der Waals surface area contributed by atoms with E-state index in [1.807, 2.05) is 0 Å². The average molecular weight is 188 g/mol. The van der Waals surface area contributed by atoms with Crippen LogP contribution < -0.4 is 0 Å². The Kier molecular flexibility index (Phi) is 2.54. The molecule has 0 aliphatic heterocycles. The third kappa shape index (κ3) is 1.68. The van der Waals surface area contributed by atoms with Gasteiger partial charge in [0.1, 0.15) is 4.88 Å². The molecule has 0 saturated carbocycles. The van der Waals surface area contributed by atoms with Crippen molar-refractivity contribution in [1.82, 2.24) is 0 Å². The van der Waals surface area contributed by atoms with Gasteiger partial charge in [0, 0.05) is 0 Å². The molecule has 1 rings (SSSR count). The third-order valence-corrected chi connectivity index (χ3v) is 2.33. The molecule has 0 radical (unpaired) electrons. The molecular formula is C7H5FO3S. The van der Waals surface area contributed by atoms with Crippen LogP contribution in [-0.2, 0) is 0 Å². The van der Waals surface area contributed by atoms with Gasteiger partial charge in [0.15, 0.2) is 6.67 Å². The first-order valence-corrected chi connectivity index (χ1v) is 3.89. The zero-order valence-corrected chi connectivity index (χ0v) is 6.73. The van der Waals surface area contributed by atoms with Crippen LogP contribution in [0, 0.1) is 0 Å². The van der Waals surface area contributed by atoms with E-state index in [2.05, 4.69) is 0 Å². The van der Waals surface area contributed by atoms with E-state index in [-0.39, 0.29) is 9.75 Å². The molecule has 1 heterocycles. The minimum Gasteiger partial charge on any atom is -0.477 e. The summed E-state index contributed by atoms with van der Waals surface area (Å²) in [5.74, 6) is -1.77. The Morgan fingerprint density at radius 3 is 2.42 bits per heavy atom. The lowest BCUT2D eigenvalue weighted by Crippen LogP contribution is -1.96. The summed E-state index contributed by atoms with van der Waals surface area (Å²) in [6, 6.07) is 2.60. The summed E-state index contributed by atoms with van der Waals surface area (Å²) in [7, 11) is 0. The first-order chi connectivity index (χ1) is 5.65. The van der Waals surface area contributed by atoms with Gasteiger partial charge in [0.2, 0.25) is 5.78 Å². The number of carboxylic acids is 1. The minimum atomic E-state index is -1.10. The number of thiophene rings is 1. The van der Waals surface area contributed by atoms with Crippen LogP contribution >= 0.6 is 11.3 Å². The zero-order chi connectivity index (χ0) is 9.14. The van der Waals surface area contributed by atoms with Gasteiger partial charge in [-0.05, 0) is 12.1 Å². The van der Waals surface area contributed by atoms with Crippen LogP contribution in [0.1, 0.15) is 19.3 Å². The monoisotopic (exact) mass is 188 g/mol. The fourth-order valence-electron chi connectivity index (χ4n) is 0.669. The van der Waals surface area contributed by atoms with Gasteiger partial charge >= 0.3 is 5.97 Å². The first kappa shape index (κ1) is 8.86. The lowest BCUT2D eigenvalue weighted by atomic mass is 10.3. The van der Waals surface area contributed by atoms with E-state index in [0.717, 1.165) is 11.3 Å². The number of alkyl halides is 1. The third-order valence-electron chi connectivity index (χ3n) is 1.21. The van der Waals surface area contributed by atoms with Crippen molar-refractivity contribution in [3.8, 4) is 0 Å². The Bertz CT molecular complexity index is 318. The number of hydrogen-bond acceptors (Lipinski definition) is 3. The predicted molar refractivity (Wildman–Crippen MR) is 41.6 cm³/mol. The second-order valence-corrected chi connectivity index (χ2v) is 3.11. The predicted octanol–water partition coefficient (Wildman–Crippen LogP) is 1.60. The van der Waals surface area contributed by atoms with Crippen molar-refractivity contribution in [2.75, 3.05) is 6.67 Å². The van der Waals surface area contributed by atoms with E-state index in [4.69, 9.17) is 5.11 Å². The van der Waals surface area contributed by atoms with Gasteiger partial charge in [-0.2, -0.15) is 0 Å². The van der Waals surface area contributed by atoms with Crippen LogP contribution in [0.15, 0.2) is 12.1 Å². The lowest BCUT2D eigenvalue weighted by molar-refractivity contribution is 0.0702. The van der Waals surface area contributed by atoms with Gasteiger partial charge in [-0.25, -0.2) is 9.18 Å². The Morgan fingerprint density at radius 2 is 2.00 bits per heavy atom. The van der Waals surface area contributed by atoms with E-state index < -0.39 is 18.4 Å². The summed E-state index contributed by atoms with van der Waals surface area (Å²) in [4.78, 5) is 21.2. The Labute approximate surface area is 71.4 Å². The van der Waals surface area contributed by atoms with Crippen molar-refractivity contribution in [3.63, 3.8) is 0 Å². The lowest BCUT2D eigenvalue weighted by Gasteiger charge is -1.86. The number of carbonyl (C=O) groups is 2. The van der Waals surface area contributed by atoms with Gasteiger partial charge in [-0.3, -0.25) is 4.79 Å². The van der Waals surface area contributed by atoms with E-state index >= 15 is 0 Å². The maximum atomic E-state index is 11.8. The molecule has 0 saturated heterocycles. The average Bonchev–Trinajstić information content (AvgIpc) is 2.51. The maximum absolute atomic E-state index is 11.8. The Hall–Kier alpha value is -1.23. The number of aromatic carboxylic acids is 1. The van der Waals surface area contributed by atoms with Crippen LogP contribution in [0.4, 0.5) is 4.39 Å². The molecule has 1 aromatic heterocycles. The molecule has 12 heavy (non-hydrogen) atoms. The van der Waals surface area contributed by atoms with Gasteiger partial charge in [-0.15, -0.1) is 11.3 Å². The molecule has 0 aliphatic carbocycles. The highest BCUT2D eigenvalue weighted by molar-refractivity contribution is 7.15. The molecule has 0 amide bonds. The number of carboxylic acid groups (broad SMARTS) is 1. The van der Waals surface area contributed by atoms with Gasteiger partial charge in [-0.1, -0.05) is 0 Å². The van der Waals surface area contributed by atoms with Gasteiger partial charge < -0.3 is 5.11 Å². The fraction of sp³-hybridized carbons (Fsp3) is 0.143. The zero-order valence-electron chi connectivity index (χ0n) is 5.91. The second kappa shape index (κ2) is 3.44. The normalized spacial score (nSPS) is 9.75. The summed E-state index contributed by atoms with van der Waals surface area (Å²) >= 11 is 0.785. The number of carbonyl (C=O) groups excluding carboxylic acids is 1. The highest BCUT2D eigenvalue weighted by Crippen LogP contribution is 2.16. The van der Waals surface area contributed by atoms with Crippen LogP contribution in [0.5, 0.6) is 0 Å². The summed E-state index contributed by atoms with van der Waals surface area (Å²) in [6.45, 7) is -1.08. The molecule has 1 N–H and O–H groups in total. The van der Waals surface area contributed by atoms with E-state index in [1.54, 1.807) is 0 Å². The maximum Gasteiger partial charge on any atom is 0.345 e.